The van der Waals surface area contributed by atoms with Crippen LogP contribution in [-0.2, 0) is 9.53 Å². The van der Waals surface area contributed by atoms with Crippen molar-refractivity contribution in [2.24, 2.45) is 0 Å². The molecule has 25 heavy (non-hydrogen) atoms. The van der Waals surface area contributed by atoms with Gasteiger partial charge in [-0.05, 0) is 35.9 Å². The molecule has 0 aromatic heterocycles. The molecule has 0 aliphatic carbocycles. The van der Waals surface area contributed by atoms with E-state index in [2.05, 4.69) is 0 Å². The minimum Gasteiger partial charge on any atom is -0.493 e. The number of esters is 1. The Kier molecular flexibility index (Phi) is 6.60. The van der Waals surface area contributed by atoms with Gasteiger partial charge in [0.25, 0.3) is 0 Å². The van der Waals surface area contributed by atoms with E-state index in [-0.39, 0.29) is 12.4 Å². The molecule has 0 amide bonds. The summed E-state index contributed by atoms with van der Waals surface area (Å²) in [6.07, 6.45) is 2.81. The first kappa shape index (κ1) is 18.5. The van der Waals surface area contributed by atoms with Crippen molar-refractivity contribution in [2.45, 2.75) is 0 Å². The average molecular weight is 361 g/mol. The Morgan fingerprint density at radius 2 is 1.80 bits per heavy atom. The maximum Gasteiger partial charge on any atom is 0.331 e. The van der Waals surface area contributed by atoms with E-state index in [4.69, 9.17) is 25.8 Å². The van der Waals surface area contributed by atoms with Crippen LogP contribution in [0.2, 0.25) is 5.02 Å². The SMILES string of the molecule is COc1ccc(/C=C/C(=O)OCC(=O)c2cccc(Cl)c2)cc1OC. The molecule has 0 atom stereocenters. The van der Waals surface area contributed by atoms with Gasteiger partial charge in [0.2, 0.25) is 0 Å². The lowest BCUT2D eigenvalue weighted by Crippen LogP contribution is -2.12. The number of halogens is 1. The Morgan fingerprint density at radius 1 is 1.04 bits per heavy atom. The second-order valence-corrected chi connectivity index (χ2v) is 5.43. The number of benzene rings is 2. The maximum atomic E-state index is 11.9. The van der Waals surface area contributed by atoms with Crippen LogP contribution in [0.3, 0.4) is 0 Å². The molecule has 0 saturated carbocycles. The summed E-state index contributed by atoms with van der Waals surface area (Å²) >= 11 is 5.83. The minimum absolute atomic E-state index is 0.324. The highest BCUT2D eigenvalue weighted by Crippen LogP contribution is 2.27. The van der Waals surface area contributed by atoms with Crippen LogP contribution in [0, 0.1) is 0 Å². The largest absolute Gasteiger partial charge is 0.493 e. The van der Waals surface area contributed by atoms with E-state index in [9.17, 15) is 9.59 Å². The van der Waals surface area contributed by atoms with Crippen molar-refractivity contribution in [3.8, 4) is 11.5 Å². The zero-order valence-electron chi connectivity index (χ0n) is 13.8. The molecular weight excluding hydrogens is 344 g/mol. The molecule has 5 nitrogen and oxygen atoms in total. The average Bonchev–Trinajstić information content (AvgIpc) is 2.64. The van der Waals surface area contributed by atoms with E-state index in [1.54, 1.807) is 49.6 Å². The van der Waals surface area contributed by atoms with Crippen LogP contribution in [0.1, 0.15) is 15.9 Å². The second kappa shape index (κ2) is 8.89. The summed E-state index contributed by atoms with van der Waals surface area (Å²) in [5.41, 5.74) is 1.12. The van der Waals surface area contributed by atoms with E-state index >= 15 is 0 Å². The topological polar surface area (TPSA) is 61.8 Å². The number of rotatable bonds is 7. The molecule has 2 rings (SSSR count). The number of carbonyl (C=O) groups is 2. The van der Waals surface area contributed by atoms with E-state index in [0.29, 0.717) is 22.1 Å². The number of ether oxygens (including phenoxy) is 3. The fraction of sp³-hybridized carbons (Fsp3) is 0.158. The highest BCUT2D eigenvalue weighted by atomic mass is 35.5. The van der Waals surface area contributed by atoms with Crippen LogP contribution in [-0.4, -0.2) is 32.6 Å². The number of hydrogen-bond donors (Lipinski definition) is 0. The minimum atomic E-state index is -0.620. The summed E-state index contributed by atoms with van der Waals surface area (Å²) in [5, 5.41) is 0.450. The monoisotopic (exact) mass is 360 g/mol. The van der Waals surface area contributed by atoms with E-state index in [0.717, 1.165) is 5.56 Å². The summed E-state index contributed by atoms with van der Waals surface area (Å²) in [4.78, 5) is 23.7. The van der Waals surface area contributed by atoms with Gasteiger partial charge >= 0.3 is 5.97 Å². The fourth-order valence-corrected chi connectivity index (χ4v) is 2.24. The van der Waals surface area contributed by atoms with Crippen LogP contribution < -0.4 is 9.47 Å². The normalized spacial score (nSPS) is 10.5. The lowest BCUT2D eigenvalue weighted by molar-refractivity contribution is -0.136. The summed E-state index contributed by atoms with van der Waals surface area (Å²) in [6.45, 7) is -0.352. The summed E-state index contributed by atoms with van der Waals surface area (Å²) < 4.78 is 15.3. The molecule has 0 spiro atoms. The van der Waals surface area contributed by atoms with Gasteiger partial charge in [-0.3, -0.25) is 4.79 Å². The Hall–Kier alpha value is -2.79. The number of hydrogen-bond acceptors (Lipinski definition) is 5. The van der Waals surface area contributed by atoms with Crippen LogP contribution in [0.25, 0.3) is 6.08 Å². The third kappa shape index (κ3) is 5.36. The van der Waals surface area contributed by atoms with Gasteiger partial charge in [-0.1, -0.05) is 29.8 Å². The van der Waals surface area contributed by atoms with Gasteiger partial charge in [0.15, 0.2) is 23.9 Å². The quantitative estimate of drug-likeness (QED) is 0.427. The van der Waals surface area contributed by atoms with E-state index < -0.39 is 5.97 Å². The first-order chi connectivity index (χ1) is 12.0. The van der Waals surface area contributed by atoms with Gasteiger partial charge in [-0.15, -0.1) is 0 Å². The summed E-state index contributed by atoms with van der Waals surface area (Å²) in [5.74, 6) is 0.198. The zero-order chi connectivity index (χ0) is 18.2. The van der Waals surface area contributed by atoms with Crippen LogP contribution in [0.5, 0.6) is 11.5 Å². The Balaban J connectivity index is 1.93. The molecule has 0 saturated heterocycles. The number of carbonyl (C=O) groups excluding carboxylic acids is 2. The lowest BCUT2D eigenvalue weighted by atomic mass is 10.1. The van der Waals surface area contributed by atoms with Crippen LogP contribution in [0.15, 0.2) is 48.5 Å². The maximum absolute atomic E-state index is 11.9. The van der Waals surface area contributed by atoms with Crippen molar-refractivity contribution >= 4 is 29.4 Å². The van der Waals surface area contributed by atoms with Gasteiger partial charge in [-0.2, -0.15) is 0 Å². The molecule has 2 aromatic rings. The second-order valence-electron chi connectivity index (χ2n) is 4.99. The molecule has 0 bridgehead atoms. The zero-order valence-corrected chi connectivity index (χ0v) is 14.6. The van der Waals surface area contributed by atoms with Gasteiger partial charge in [0, 0.05) is 16.7 Å². The van der Waals surface area contributed by atoms with Crippen molar-refractivity contribution in [1.29, 1.82) is 0 Å². The third-order valence-corrected chi connectivity index (χ3v) is 3.55. The van der Waals surface area contributed by atoms with Gasteiger partial charge < -0.3 is 14.2 Å². The van der Waals surface area contributed by atoms with Crippen molar-refractivity contribution in [3.05, 3.63) is 64.7 Å². The first-order valence-electron chi connectivity index (χ1n) is 7.39. The highest BCUT2D eigenvalue weighted by molar-refractivity contribution is 6.31. The van der Waals surface area contributed by atoms with E-state index in [1.807, 2.05) is 0 Å². The standard InChI is InChI=1S/C19H17ClO5/c1-23-17-8-6-13(10-18(17)24-2)7-9-19(22)25-12-16(21)14-4-3-5-15(20)11-14/h3-11H,12H2,1-2H3/b9-7+. The predicted molar refractivity (Wildman–Crippen MR) is 95.3 cm³/mol. The molecular formula is C19H17ClO5. The van der Waals surface area contributed by atoms with Crippen molar-refractivity contribution in [1.82, 2.24) is 0 Å². The van der Waals surface area contributed by atoms with Crippen LogP contribution >= 0.6 is 11.6 Å². The highest BCUT2D eigenvalue weighted by Gasteiger charge is 2.09. The van der Waals surface area contributed by atoms with Crippen LogP contribution in [0.4, 0.5) is 0 Å². The molecule has 0 radical (unpaired) electrons. The van der Waals surface area contributed by atoms with Gasteiger partial charge in [-0.25, -0.2) is 4.79 Å². The molecule has 0 unspecified atom stereocenters. The Bertz CT molecular complexity index is 798. The molecule has 0 fully saturated rings. The fourth-order valence-electron chi connectivity index (χ4n) is 2.05. The predicted octanol–water partition coefficient (Wildman–Crippen LogP) is 3.80. The number of Topliss-reactive ketones (excluding diaryl/α,β-unsaturated/α-hetero) is 1. The van der Waals surface area contributed by atoms with Crippen molar-refractivity contribution in [3.63, 3.8) is 0 Å². The van der Waals surface area contributed by atoms with E-state index in [1.165, 1.54) is 19.3 Å². The molecule has 0 N–H and O–H groups in total. The van der Waals surface area contributed by atoms with Crippen molar-refractivity contribution in [2.75, 3.05) is 20.8 Å². The molecule has 0 aliphatic heterocycles. The number of ketones is 1. The Labute approximate surface area is 150 Å². The Morgan fingerprint density at radius 3 is 2.48 bits per heavy atom. The number of methoxy groups -OCH3 is 2. The molecule has 0 heterocycles. The molecule has 130 valence electrons. The third-order valence-electron chi connectivity index (χ3n) is 3.31. The molecule has 2 aromatic carbocycles. The van der Waals surface area contributed by atoms with Gasteiger partial charge in [0.05, 0.1) is 14.2 Å². The summed E-state index contributed by atoms with van der Waals surface area (Å²) in [7, 11) is 3.07. The lowest BCUT2D eigenvalue weighted by Gasteiger charge is -2.07. The smallest absolute Gasteiger partial charge is 0.331 e. The first-order valence-corrected chi connectivity index (χ1v) is 7.77. The van der Waals surface area contributed by atoms with Crippen molar-refractivity contribution < 1.29 is 23.8 Å². The molecule has 6 heteroatoms. The molecule has 0 aliphatic rings. The van der Waals surface area contributed by atoms with Gasteiger partial charge in [0.1, 0.15) is 0 Å². The summed E-state index contributed by atoms with van der Waals surface area (Å²) in [6, 6.07) is 11.7.